The molecule has 7 heteroatoms. The van der Waals surface area contributed by atoms with Gasteiger partial charge in [0.05, 0.1) is 0 Å². The van der Waals surface area contributed by atoms with Crippen LogP contribution in [-0.2, 0) is 22.8 Å². The van der Waals surface area contributed by atoms with Gasteiger partial charge in [-0.25, -0.2) is 0 Å². The lowest BCUT2D eigenvalue weighted by Crippen LogP contribution is -2.07. The monoisotopic (exact) mass is 265 g/mol. The maximum atomic E-state index is 12.4. The summed E-state index contributed by atoms with van der Waals surface area (Å²) < 4.78 is 37.5. The van der Waals surface area contributed by atoms with E-state index in [0.717, 1.165) is 0 Å². The minimum Gasteiger partial charge on any atom is -0.358 e. The van der Waals surface area contributed by atoms with E-state index in [1.165, 1.54) is 6.07 Å². The average molecular weight is 265 g/mol. The Morgan fingerprint density at radius 2 is 2.12 bits per heavy atom. The molecule has 0 unspecified atom stereocenters. The first-order chi connectivity index (χ1) is 7.37. The third kappa shape index (κ3) is 3.36. The smallest absolute Gasteiger partial charge is 0.358 e. The largest absolute Gasteiger partial charge is 0.488 e. The van der Waals surface area contributed by atoms with Gasteiger partial charge in [0.1, 0.15) is 5.75 Å². The summed E-state index contributed by atoms with van der Waals surface area (Å²) in [6, 6.07) is 3.21. The zero-order valence-electron chi connectivity index (χ0n) is 8.60. The highest BCUT2D eigenvalue weighted by Gasteiger charge is 2.14. The fraction of sp³-hybridized carbons (Fsp3) is 0.333. The van der Waals surface area contributed by atoms with Crippen molar-refractivity contribution in [2.75, 3.05) is 0 Å². The Morgan fingerprint density at radius 3 is 2.56 bits per heavy atom. The summed E-state index contributed by atoms with van der Waals surface area (Å²) in [5.41, 5.74) is 7.41. The molecule has 0 saturated carbocycles. The van der Waals surface area contributed by atoms with Gasteiger partial charge in [0, 0.05) is 12.3 Å². The molecule has 0 aliphatic rings. The average Bonchev–Trinajstić information content (AvgIpc) is 2.19. The standard InChI is InChI=1S/C9H12FNO3S2/c1-6-8(4-11)2-7(5-15)3-9(6)14-16(10,12)13/h2-3,15H,4-5,11H2,1H3. The van der Waals surface area contributed by atoms with Crippen molar-refractivity contribution < 1.29 is 16.5 Å². The van der Waals surface area contributed by atoms with Crippen LogP contribution in [0.5, 0.6) is 5.75 Å². The van der Waals surface area contributed by atoms with Crippen molar-refractivity contribution in [2.45, 2.75) is 19.2 Å². The molecule has 4 nitrogen and oxygen atoms in total. The van der Waals surface area contributed by atoms with E-state index < -0.39 is 10.5 Å². The van der Waals surface area contributed by atoms with E-state index in [0.29, 0.717) is 22.4 Å². The van der Waals surface area contributed by atoms with E-state index in [1.54, 1.807) is 13.0 Å². The molecule has 0 saturated heterocycles. The number of rotatable bonds is 4. The van der Waals surface area contributed by atoms with Gasteiger partial charge in [-0.05, 0) is 29.7 Å². The van der Waals surface area contributed by atoms with Crippen LogP contribution in [0.4, 0.5) is 3.89 Å². The summed E-state index contributed by atoms with van der Waals surface area (Å²) in [6.45, 7) is 1.83. The zero-order chi connectivity index (χ0) is 12.3. The Morgan fingerprint density at radius 1 is 1.50 bits per heavy atom. The second kappa shape index (κ2) is 5.03. The van der Waals surface area contributed by atoms with Gasteiger partial charge in [0.15, 0.2) is 0 Å². The second-order valence-corrected chi connectivity index (χ2v) is 4.49. The normalized spacial score (nSPS) is 11.5. The molecule has 1 rings (SSSR count). The predicted molar refractivity (Wildman–Crippen MR) is 62.4 cm³/mol. The first-order valence-electron chi connectivity index (χ1n) is 4.44. The van der Waals surface area contributed by atoms with Gasteiger partial charge in [-0.2, -0.15) is 21.0 Å². The third-order valence-corrected chi connectivity index (χ3v) is 2.86. The Hall–Kier alpha value is -0.790. The number of thiol groups is 1. The fourth-order valence-electron chi connectivity index (χ4n) is 1.31. The van der Waals surface area contributed by atoms with Crippen LogP contribution in [0.3, 0.4) is 0 Å². The lowest BCUT2D eigenvalue weighted by Gasteiger charge is -2.11. The number of benzene rings is 1. The Labute approximate surface area is 99.4 Å². The Kier molecular flexibility index (Phi) is 4.17. The molecule has 16 heavy (non-hydrogen) atoms. The van der Waals surface area contributed by atoms with Crippen molar-refractivity contribution in [3.05, 3.63) is 28.8 Å². The molecule has 2 N–H and O–H groups in total. The molecule has 0 bridgehead atoms. The molecule has 1 aromatic rings. The number of nitrogens with two attached hydrogens (primary N) is 1. The molecular weight excluding hydrogens is 253 g/mol. The van der Waals surface area contributed by atoms with Gasteiger partial charge in [-0.1, -0.05) is 9.95 Å². The number of hydrogen-bond acceptors (Lipinski definition) is 5. The van der Waals surface area contributed by atoms with Gasteiger partial charge in [-0.15, -0.1) is 0 Å². The van der Waals surface area contributed by atoms with Crippen LogP contribution in [0.1, 0.15) is 16.7 Å². The summed E-state index contributed by atoms with van der Waals surface area (Å²) in [5.74, 6) is 0.338. The van der Waals surface area contributed by atoms with Crippen molar-refractivity contribution in [3.8, 4) is 5.75 Å². The van der Waals surface area contributed by atoms with Crippen LogP contribution in [0.2, 0.25) is 0 Å². The summed E-state index contributed by atoms with van der Waals surface area (Å²) in [5, 5.41) is 0. The van der Waals surface area contributed by atoms with E-state index in [1.807, 2.05) is 0 Å². The zero-order valence-corrected chi connectivity index (χ0v) is 10.3. The highest BCUT2D eigenvalue weighted by atomic mass is 32.3. The summed E-state index contributed by atoms with van der Waals surface area (Å²) >= 11 is 4.05. The summed E-state index contributed by atoms with van der Waals surface area (Å²) in [4.78, 5) is 0. The van der Waals surface area contributed by atoms with E-state index in [-0.39, 0.29) is 12.3 Å². The maximum absolute atomic E-state index is 12.4. The van der Waals surface area contributed by atoms with Gasteiger partial charge >= 0.3 is 10.5 Å². The van der Waals surface area contributed by atoms with Crippen molar-refractivity contribution in [1.82, 2.24) is 0 Å². The van der Waals surface area contributed by atoms with Crippen molar-refractivity contribution in [2.24, 2.45) is 5.73 Å². The second-order valence-electron chi connectivity index (χ2n) is 3.22. The molecule has 0 aromatic heterocycles. The molecule has 0 fully saturated rings. The Bertz CT molecular complexity index is 488. The maximum Gasteiger partial charge on any atom is 0.488 e. The summed E-state index contributed by atoms with van der Waals surface area (Å²) in [6.07, 6.45) is 0. The van der Waals surface area contributed by atoms with E-state index in [4.69, 9.17) is 5.73 Å². The molecule has 0 aliphatic heterocycles. The quantitative estimate of drug-likeness (QED) is 0.639. The van der Waals surface area contributed by atoms with Gasteiger partial charge in [0.25, 0.3) is 0 Å². The lowest BCUT2D eigenvalue weighted by atomic mass is 10.0. The first-order valence-corrected chi connectivity index (χ1v) is 6.39. The number of halogens is 1. The van der Waals surface area contributed by atoms with Crippen LogP contribution in [0.25, 0.3) is 0 Å². The van der Waals surface area contributed by atoms with Gasteiger partial charge in [0.2, 0.25) is 0 Å². The van der Waals surface area contributed by atoms with Crippen LogP contribution < -0.4 is 9.92 Å². The predicted octanol–water partition coefficient (Wildman–Crippen LogP) is 1.48. The van der Waals surface area contributed by atoms with Crippen molar-refractivity contribution >= 4 is 23.1 Å². The first kappa shape index (κ1) is 13.3. The van der Waals surface area contributed by atoms with Gasteiger partial charge in [-0.3, -0.25) is 0 Å². The molecule has 90 valence electrons. The van der Waals surface area contributed by atoms with Crippen molar-refractivity contribution in [3.63, 3.8) is 0 Å². The van der Waals surface area contributed by atoms with Gasteiger partial charge < -0.3 is 9.92 Å². The highest BCUT2D eigenvalue weighted by molar-refractivity contribution is 7.81. The molecule has 0 aliphatic carbocycles. The minimum absolute atomic E-state index is 0.0468. The molecule has 0 atom stereocenters. The van der Waals surface area contributed by atoms with E-state index in [2.05, 4.69) is 16.8 Å². The Balaban J connectivity index is 3.26. The molecule has 0 amide bonds. The highest BCUT2D eigenvalue weighted by Crippen LogP contribution is 2.26. The molecular formula is C9H12FNO3S2. The van der Waals surface area contributed by atoms with Crippen molar-refractivity contribution in [1.29, 1.82) is 0 Å². The minimum atomic E-state index is -5.02. The van der Waals surface area contributed by atoms with Crippen LogP contribution in [0, 0.1) is 6.92 Å². The SMILES string of the molecule is Cc1c(CN)cc(CS)cc1OS(=O)(=O)F. The fourth-order valence-corrected chi connectivity index (χ4v) is 1.88. The number of hydrogen-bond donors (Lipinski definition) is 2. The molecule has 0 spiro atoms. The van der Waals surface area contributed by atoms with E-state index in [9.17, 15) is 12.3 Å². The van der Waals surface area contributed by atoms with Crippen LogP contribution in [-0.4, -0.2) is 8.42 Å². The van der Waals surface area contributed by atoms with E-state index >= 15 is 0 Å². The van der Waals surface area contributed by atoms with Crippen LogP contribution in [0.15, 0.2) is 12.1 Å². The third-order valence-electron chi connectivity index (χ3n) is 2.12. The molecule has 0 radical (unpaired) electrons. The van der Waals surface area contributed by atoms with Crippen LogP contribution >= 0.6 is 12.6 Å². The summed E-state index contributed by atoms with van der Waals surface area (Å²) in [7, 11) is -5.02. The molecule has 0 heterocycles. The topological polar surface area (TPSA) is 69.4 Å². The lowest BCUT2D eigenvalue weighted by molar-refractivity contribution is 0.438. The molecule has 1 aromatic carbocycles.